The molecule has 1 heterocycles. The van der Waals surface area contributed by atoms with E-state index in [4.69, 9.17) is 0 Å². The lowest BCUT2D eigenvalue weighted by Crippen LogP contribution is -2.38. The molecule has 1 fully saturated rings. The Kier molecular flexibility index (Phi) is 2.84. The van der Waals surface area contributed by atoms with Crippen LogP contribution in [0.25, 0.3) is 0 Å². The number of nitrogens with zero attached hydrogens (tertiary/aromatic N) is 1. The molecule has 2 N–H and O–H groups in total. The molecule has 3 rings (SSSR count). The van der Waals surface area contributed by atoms with Crippen molar-refractivity contribution in [3.8, 4) is 0 Å². The maximum absolute atomic E-state index is 10.0. The number of allylic oxidation sites excluding steroid dienone is 5. The molecule has 3 heteroatoms. The van der Waals surface area contributed by atoms with Gasteiger partial charge in [-0.2, -0.15) is 0 Å². The van der Waals surface area contributed by atoms with Crippen LogP contribution in [0.4, 0.5) is 0 Å². The maximum atomic E-state index is 10.0. The van der Waals surface area contributed by atoms with Crippen LogP contribution in [0.15, 0.2) is 35.4 Å². The topological polar surface area (TPSA) is 43.7 Å². The van der Waals surface area contributed by atoms with E-state index in [-0.39, 0.29) is 23.4 Å². The number of fused-ring (bicyclic) bond motifs is 2. The van der Waals surface area contributed by atoms with E-state index >= 15 is 0 Å². The van der Waals surface area contributed by atoms with Gasteiger partial charge in [0.2, 0.25) is 0 Å². The van der Waals surface area contributed by atoms with Crippen molar-refractivity contribution in [1.82, 2.24) is 4.90 Å². The quantitative estimate of drug-likeness (QED) is 0.748. The largest absolute Gasteiger partial charge is 0.508 e. The lowest BCUT2D eigenvalue weighted by molar-refractivity contribution is 0.172. The Hall–Kier alpha value is -1.38. The molecule has 3 unspecified atom stereocenters. The Labute approximate surface area is 108 Å². The van der Waals surface area contributed by atoms with Gasteiger partial charge in [0.15, 0.2) is 5.76 Å². The number of aliphatic hydroxyl groups excluding tert-OH is 2. The van der Waals surface area contributed by atoms with Crippen LogP contribution in [0.1, 0.15) is 26.2 Å². The van der Waals surface area contributed by atoms with Crippen LogP contribution >= 0.6 is 0 Å². The third kappa shape index (κ3) is 1.73. The first-order valence-electron chi connectivity index (χ1n) is 6.97. The summed E-state index contributed by atoms with van der Waals surface area (Å²) < 4.78 is 0. The molecular weight excluding hydrogens is 226 g/mol. The monoisotopic (exact) mass is 247 g/mol. The molecule has 3 nitrogen and oxygen atoms in total. The van der Waals surface area contributed by atoms with Crippen molar-refractivity contribution >= 4 is 0 Å². The molecule has 3 aliphatic rings. The fraction of sp³-hybridized carbons (Fsp3) is 0.600. The zero-order valence-corrected chi connectivity index (χ0v) is 10.8. The first-order valence-corrected chi connectivity index (χ1v) is 6.97. The van der Waals surface area contributed by atoms with Crippen molar-refractivity contribution in [1.29, 1.82) is 0 Å². The highest BCUT2D eigenvalue weighted by molar-refractivity contribution is 5.31. The van der Waals surface area contributed by atoms with Gasteiger partial charge in [-0.1, -0.05) is 12.2 Å². The minimum atomic E-state index is 0.0521. The van der Waals surface area contributed by atoms with Gasteiger partial charge in [-0.25, -0.2) is 0 Å². The van der Waals surface area contributed by atoms with Gasteiger partial charge in [0.05, 0.1) is 0 Å². The molecule has 1 saturated heterocycles. The smallest absolute Gasteiger partial charge is 0.152 e. The number of likely N-dealkylation sites (tertiary alicyclic amines) is 1. The molecule has 1 aliphatic heterocycles. The Morgan fingerprint density at radius 3 is 3.00 bits per heavy atom. The minimum Gasteiger partial charge on any atom is -0.508 e. The highest BCUT2D eigenvalue weighted by atomic mass is 16.3. The highest BCUT2D eigenvalue weighted by Crippen LogP contribution is 2.44. The van der Waals surface area contributed by atoms with Crippen LogP contribution in [0.3, 0.4) is 0 Å². The van der Waals surface area contributed by atoms with E-state index in [9.17, 15) is 10.2 Å². The summed E-state index contributed by atoms with van der Waals surface area (Å²) in [5, 5.41) is 19.6. The summed E-state index contributed by atoms with van der Waals surface area (Å²) in [6.45, 7) is 4.43. The zero-order valence-electron chi connectivity index (χ0n) is 10.8. The van der Waals surface area contributed by atoms with Gasteiger partial charge in [0.1, 0.15) is 5.76 Å². The SMILES string of the molecule is CCN1CCCC2CC3C(O)=C(O)C=CC3C=C21. The summed E-state index contributed by atoms with van der Waals surface area (Å²) in [7, 11) is 0. The molecule has 0 aromatic rings. The Morgan fingerprint density at radius 1 is 1.39 bits per heavy atom. The van der Waals surface area contributed by atoms with E-state index in [1.807, 2.05) is 6.08 Å². The molecule has 0 amide bonds. The van der Waals surface area contributed by atoms with Gasteiger partial charge in [-0.3, -0.25) is 0 Å². The molecule has 0 bridgehead atoms. The van der Waals surface area contributed by atoms with Crippen LogP contribution in [-0.4, -0.2) is 28.2 Å². The summed E-state index contributed by atoms with van der Waals surface area (Å²) in [5.41, 5.74) is 1.46. The summed E-state index contributed by atoms with van der Waals surface area (Å²) in [5.74, 6) is 1.13. The third-order valence-corrected chi connectivity index (χ3v) is 4.60. The van der Waals surface area contributed by atoms with Gasteiger partial charge in [-0.05, 0) is 38.2 Å². The summed E-state index contributed by atoms with van der Waals surface area (Å²) in [6.07, 6.45) is 9.37. The molecule has 18 heavy (non-hydrogen) atoms. The second kappa shape index (κ2) is 4.38. The van der Waals surface area contributed by atoms with Crippen molar-refractivity contribution in [2.24, 2.45) is 17.8 Å². The fourth-order valence-corrected chi connectivity index (χ4v) is 3.62. The summed E-state index contributed by atoms with van der Waals surface area (Å²) in [4.78, 5) is 2.47. The van der Waals surface area contributed by atoms with Crippen LogP contribution in [0.5, 0.6) is 0 Å². The van der Waals surface area contributed by atoms with Gasteiger partial charge < -0.3 is 15.1 Å². The van der Waals surface area contributed by atoms with E-state index in [0.717, 1.165) is 19.5 Å². The molecule has 0 radical (unpaired) electrons. The second-order valence-electron chi connectivity index (χ2n) is 5.56. The van der Waals surface area contributed by atoms with Gasteiger partial charge in [-0.15, -0.1) is 0 Å². The lowest BCUT2D eigenvalue weighted by Gasteiger charge is -2.43. The number of piperidine rings is 1. The van der Waals surface area contributed by atoms with Crippen molar-refractivity contribution < 1.29 is 10.2 Å². The fourth-order valence-electron chi connectivity index (χ4n) is 3.62. The molecular formula is C15H21NO2. The molecule has 0 saturated carbocycles. The minimum absolute atomic E-state index is 0.0521. The number of hydrogen-bond donors (Lipinski definition) is 2. The van der Waals surface area contributed by atoms with Gasteiger partial charge in [0, 0.05) is 30.6 Å². The molecule has 98 valence electrons. The van der Waals surface area contributed by atoms with Crippen molar-refractivity contribution in [3.05, 3.63) is 35.4 Å². The number of aliphatic hydroxyl groups is 2. The second-order valence-corrected chi connectivity index (χ2v) is 5.56. The number of hydrogen-bond acceptors (Lipinski definition) is 3. The van der Waals surface area contributed by atoms with Crippen LogP contribution in [-0.2, 0) is 0 Å². The van der Waals surface area contributed by atoms with Crippen LogP contribution in [0.2, 0.25) is 0 Å². The standard InChI is InChI=1S/C15H21NO2/c1-2-16-7-3-4-11-8-12-10(9-13(11)16)5-6-14(17)15(12)18/h5-6,9-12,17-18H,2-4,7-8H2,1H3. The highest BCUT2D eigenvalue weighted by Gasteiger charge is 2.37. The Balaban J connectivity index is 1.93. The van der Waals surface area contributed by atoms with E-state index in [1.165, 1.54) is 18.5 Å². The Morgan fingerprint density at radius 2 is 2.22 bits per heavy atom. The summed E-state index contributed by atoms with van der Waals surface area (Å²) >= 11 is 0. The normalized spacial score (nSPS) is 35.1. The average molecular weight is 247 g/mol. The van der Waals surface area contributed by atoms with E-state index < -0.39 is 0 Å². The third-order valence-electron chi connectivity index (χ3n) is 4.60. The van der Waals surface area contributed by atoms with Crippen LogP contribution in [0, 0.1) is 17.8 Å². The van der Waals surface area contributed by atoms with Gasteiger partial charge in [0.25, 0.3) is 0 Å². The molecule has 0 spiro atoms. The first kappa shape index (κ1) is 11.7. The molecule has 3 atom stereocenters. The van der Waals surface area contributed by atoms with Crippen molar-refractivity contribution in [2.75, 3.05) is 13.1 Å². The maximum Gasteiger partial charge on any atom is 0.152 e. The first-order chi connectivity index (χ1) is 8.70. The predicted octanol–water partition coefficient (Wildman–Crippen LogP) is 3.14. The average Bonchev–Trinajstić information content (AvgIpc) is 2.41. The molecule has 0 aromatic carbocycles. The van der Waals surface area contributed by atoms with Gasteiger partial charge >= 0.3 is 0 Å². The van der Waals surface area contributed by atoms with Crippen molar-refractivity contribution in [2.45, 2.75) is 26.2 Å². The van der Waals surface area contributed by atoms with Crippen LogP contribution < -0.4 is 0 Å². The molecule has 2 aliphatic carbocycles. The number of rotatable bonds is 1. The van der Waals surface area contributed by atoms with E-state index in [0.29, 0.717) is 5.92 Å². The van der Waals surface area contributed by atoms with Crippen molar-refractivity contribution in [3.63, 3.8) is 0 Å². The predicted molar refractivity (Wildman–Crippen MR) is 71.1 cm³/mol. The summed E-state index contributed by atoms with van der Waals surface area (Å²) in [6, 6.07) is 0. The lowest BCUT2D eigenvalue weighted by atomic mass is 9.71. The zero-order chi connectivity index (χ0) is 12.7. The Bertz CT molecular complexity index is 436. The van der Waals surface area contributed by atoms with E-state index in [2.05, 4.69) is 17.9 Å². The van der Waals surface area contributed by atoms with E-state index in [1.54, 1.807) is 6.08 Å². The molecule has 0 aromatic heterocycles.